The van der Waals surface area contributed by atoms with Crippen LogP contribution in [0.4, 0.5) is 0 Å². The van der Waals surface area contributed by atoms with E-state index >= 15 is 0 Å². The monoisotopic (exact) mass is 233 g/mol. The highest BCUT2D eigenvalue weighted by Crippen LogP contribution is 2.37. The molecule has 0 amide bonds. The van der Waals surface area contributed by atoms with Gasteiger partial charge in [0.1, 0.15) is 11.4 Å². The first-order chi connectivity index (χ1) is 8.20. The molecule has 0 spiro atoms. The lowest BCUT2D eigenvalue weighted by atomic mass is 9.84. The normalized spacial score (nSPS) is 28.7. The van der Waals surface area contributed by atoms with Crippen molar-refractivity contribution in [2.45, 2.75) is 31.4 Å². The first-order valence-corrected chi connectivity index (χ1v) is 5.95. The summed E-state index contributed by atoms with van der Waals surface area (Å²) in [6, 6.07) is 8.13. The summed E-state index contributed by atoms with van der Waals surface area (Å²) in [6.07, 6.45) is 2.08. The fourth-order valence-corrected chi connectivity index (χ4v) is 2.40. The second-order valence-electron chi connectivity index (χ2n) is 4.52. The Bertz CT molecular complexity index is 388. The number of nitrogens with zero attached hydrogens (tertiary/aromatic N) is 1. The number of rotatable bonds is 3. The molecule has 0 radical (unpaired) electrons. The van der Waals surface area contributed by atoms with Crippen molar-refractivity contribution < 1.29 is 9.47 Å². The molecule has 0 aliphatic carbocycles. The maximum absolute atomic E-state index is 5.95. The number of methoxy groups -OCH3 is 1. The summed E-state index contributed by atoms with van der Waals surface area (Å²) < 4.78 is 11.1. The van der Waals surface area contributed by atoms with Gasteiger partial charge in [-0.2, -0.15) is 0 Å². The highest BCUT2D eigenvalue weighted by molar-refractivity contribution is 5.33. The highest BCUT2D eigenvalue weighted by atomic mass is 16.5. The molecule has 1 aliphatic rings. The van der Waals surface area contributed by atoms with Gasteiger partial charge in [-0.05, 0) is 44.2 Å². The summed E-state index contributed by atoms with van der Waals surface area (Å²) in [5, 5.41) is 0. The van der Waals surface area contributed by atoms with Crippen LogP contribution >= 0.6 is 0 Å². The minimum Gasteiger partial charge on any atom is -0.497 e. The molecular formula is C14H19NO2. The number of ether oxygens (including phenoxy) is 2. The molecule has 2 rings (SSSR count). The third kappa shape index (κ3) is 2.20. The van der Waals surface area contributed by atoms with Crippen molar-refractivity contribution in [2.24, 2.45) is 4.99 Å². The number of hydrogen-bond acceptors (Lipinski definition) is 3. The Morgan fingerprint density at radius 1 is 1.41 bits per heavy atom. The number of hydrogen-bond donors (Lipinski definition) is 0. The van der Waals surface area contributed by atoms with Gasteiger partial charge in [-0.1, -0.05) is 12.1 Å². The van der Waals surface area contributed by atoms with Crippen molar-refractivity contribution in [2.75, 3.05) is 13.7 Å². The van der Waals surface area contributed by atoms with E-state index < -0.39 is 0 Å². The first kappa shape index (κ1) is 12.1. The van der Waals surface area contributed by atoms with Gasteiger partial charge in [-0.15, -0.1) is 0 Å². The molecule has 17 heavy (non-hydrogen) atoms. The van der Waals surface area contributed by atoms with E-state index in [0.29, 0.717) is 0 Å². The zero-order valence-electron chi connectivity index (χ0n) is 10.5. The number of benzene rings is 1. The molecule has 0 saturated carbocycles. The fraction of sp³-hybridized carbons (Fsp3) is 0.500. The molecule has 1 aromatic carbocycles. The summed E-state index contributed by atoms with van der Waals surface area (Å²) in [7, 11) is 1.67. The Morgan fingerprint density at radius 3 is 2.71 bits per heavy atom. The van der Waals surface area contributed by atoms with Gasteiger partial charge < -0.3 is 9.47 Å². The third-order valence-electron chi connectivity index (χ3n) is 3.54. The van der Waals surface area contributed by atoms with Gasteiger partial charge in [0, 0.05) is 6.61 Å². The van der Waals surface area contributed by atoms with E-state index in [1.807, 2.05) is 24.3 Å². The van der Waals surface area contributed by atoms with Gasteiger partial charge in [-0.25, -0.2) is 0 Å². The van der Waals surface area contributed by atoms with E-state index in [-0.39, 0.29) is 11.6 Å². The van der Waals surface area contributed by atoms with Gasteiger partial charge in [0.2, 0.25) is 0 Å². The molecule has 0 N–H and O–H groups in total. The second-order valence-corrected chi connectivity index (χ2v) is 4.52. The third-order valence-corrected chi connectivity index (χ3v) is 3.54. The lowest BCUT2D eigenvalue weighted by molar-refractivity contribution is -0.0834. The van der Waals surface area contributed by atoms with Crippen LogP contribution in [0.25, 0.3) is 0 Å². The van der Waals surface area contributed by atoms with E-state index in [4.69, 9.17) is 9.47 Å². The topological polar surface area (TPSA) is 30.8 Å². The predicted molar refractivity (Wildman–Crippen MR) is 68.9 cm³/mol. The molecule has 1 aromatic rings. The van der Waals surface area contributed by atoms with Crippen LogP contribution in [0.15, 0.2) is 29.3 Å². The maximum Gasteiger partial charge on any atom is 0.118 e. The van der Waals surface area contributed by atoms with Crippen LogP contribution < -0.4 is 4.74 Å². The lowest BCUT2D eigenvalue weighted by Gasteiger charge is -2.39. The smallest absolute Gasteiger partial charge is 0.118 e. The molecule has 1 fully saturated rings. The molecule has 3 nitrogen and oxygen atoms in total. The van der Waals surface area contributed by atoms with E-state index in [0.717, 1.165) is 30.8 Å². The zero-order chi connectivity index (χ0) is 12.3. The first-order valence-electron chi connectivity index (χ1n) is 5.95. The maximum atomic E-state index is 5.95. The molecule has 3 heteroatoms. The lowest BCUT2D eigenvalue weighted by Crippen LogP contribution is -2.42. The molecule has 1 heterocycles. The predicted octanol–water partition coefficient (Wildman–Crippen LogP) is 2.79. The molecule has 0 aromatic heterocycles. The zero-order valence-corrected chi connectivity index (χ0v) is 10.5. The van der Waals surface area contributed by atoms with Gasteiger partial charge >= 0.3 is 0 Å². The van der Waals surface area contributed by atoms with Crippen molar-refractivity contribution in [1.82, 2.24) is 0 Å². The van der Waals surface area contributed by atoms with Crippen LogP contribution in [0.1, 0.15) is 25.3 Å². The average Bonchev–Trinajstić information content (AvgIpc) is 2.39. The summed E-state index contributed by atoms with van der Waals surface area (Å²) in [5.74, 6) is 0.858. The van der Waals surface area contributed by atoms with E-state index in [1.54, 1.807) is 7.11 Å². The van der Waals surface area contributed by atoms with Crippen LogP contribution in [-0.2, 0) is 10.3 Å². The SMILES string of the molecule is C=NC1CCCOC1(C)c1ccc(OC)cc1. The van der Waals surface area contributed by atoms with Gasteiger partial charge in [-0.3, -0.25) is 4.99 Å². The van der Waals surface area contributed by atoms with Gasteiger partial charge in [0.05, 0.1) is 13.2 Å². The van der Waals surface area contributed by atoms with E-state index in [2.05, 4.69) is 18.6 Å². The van der Waals surface area contributed by atoms with Crippen LogP contribution in [0.3, 0.4) is 0 Å². The summed E-state index contributed by atoms with van der Waals surface area (Å²) in [6.45, 7) is 6.56. The van der Waals surface area contributed by atoms with Crippen LogP contribution in [0.5, 0.6) is 5.75 Å². The van der Waals surface area contributed by atoms with Crippen molar-refractivity contribution in [1.29, 1.82) is 0 Å². The Morgan fingerprint density at radius 2 is 2.12 bits per heavy atom. The molecule has 2 unspecified atom stereocenters. The standard InChI is InChI=1S/C14H19NO2/c1-14(13(15-2)5-4-10-17-14)11-6-8-12(16-3)9-7-11/h6-9,13H,2,4-5,10H2,1,3H3. The molecule has 1 saturated heterocycles. The highest BCUT2D eigenvalue weighted by Gasteiger charge is 2.38. The summed E-state index contributed by atoms with van der Waals surface area (Å²) >= 11 is 0. The van der Waals surface area contributed by atoms with E-state index in [9.17, 15) is 0 Å². The van der Waals surface area contributed by atoms with Crippen molar-refractivity contribution in [3.8, 4) is 5.75 Å². The fourth-order valence-electron chi connectivity index (χ4n) is 2.40. The van der Waals surface area contributed by atoms with Crippen LogP contribution in [0.2, 0.25) is 0 Å². The molecule has 92 valence electrons. The van der Waals surface area contributed by atoms with Crippen LogP contribution in [0, 0.1) is 0 Å². The second kappa shape index (κ2) is 4.88. The Labute approximate surface area is 102 Å². The van der Waals surface area contributed by atoms with Gasteiger partial charge in [0.25, 0.3) is 0 Å². The van der Waals surface area contributed by atoms with E-state index in [1.165, 1.54) is 0 Å². The Hall–Kier alpha value is -1.35. The Kier molecular flexibility index (Phi) is 3.48. The van der Waals surface area contributed by atoms with Crippen molar-refractivity contribution >= 4 is 6.72 Å². The van der Waals surface area contributed by atoms with Gasteiger partial charge in [0.15, 0.2) is 0 Å². The van der Waals surface area contributed by atoms with Crippen LogP contribution in [-0.4, -0.2) is 26.5 Å². The summed E-state index contributed by atoms with van der Waals surface area (Å²) in [4.78, 5) is 4.21. The molecule has 1 aliphatic heterocycles. The quantitative estimate of drug-likeness (QED) is 0.752. The molecular weight excluding hydrogens is 214 g/mol. The minimum atomic E-state index is -0.355. The molecule has 2 atom stereocenters. The van der Waals surface area contributed by atoms with Crippen molar-refractivity contribution in [3.63, 3.8) is 0 Å². The number of aliphatic imine (C=N–C) groups is 1. The average molecular weight is 233 g/mol. The minimum absolute atomic E-state index is 0.129. The largest absolute Gasteiger partial charge is 0.497 e. The Balaban J connectivity index is 2.30. The van der Waals surface area contributed by atoms with Crippen molar-refractivity contribution in [3.05, 3.63) is 29.8 Å². The summed E-state index contributed by atoms with van der Waals surface area (Å²) in [5.41, 5.74) is 0.780. The molecule has 0 bridgehead atoms.